The topological polar surface area (TPSA) is 139 Å². The molecular weight excluding hydrogens is 306 g/mol. The second kappa shape index (κ2) is 6.10. The molecule has 0 unspecified atom stereocenters. The number of aryl methyl sites for hydroxylation is 1. The summed E-state index contributed by atoms with van der Waals surface area (Å²) in [6.45, 7) is 1.66. The van der Waals surface area contributed by atoms with Gasteiger partial charge in [0, 0.05) is 17.8 Å². The van der Waals surface area contributed by atoms with Crippen LogP contribution >= 0.6 is 0 Å². The minimum atomic E-state index is -0.927. The van der Waals surface area contributed by atoms with Gasteiger partial charge in [-0.3, -0.25) is 25.2 Å². The second-order valence-corrected chi connectivity index (χ2v) is 4.62. The summed E-state index contributed by atoms with van der Waals surface area (Å²) in [4.78, 5) is 23.9. The number of para-hydroxylation sites is 1. The zero-order chi connectivity index (χ0) is 17.1. The van der Waals surface area contributed by atoms with Crippen LogP contribution in [-0.2, 0) is 0 Å². The Bertz CT molecular complexity index is 832. The van der Waals surface area contributed by atoms with E-state index in [-0.39, 0.29) is 17.0 Å². The first kappa shape index (κ1) is 15.9. The SMILES string of the molecule is Cc1cccc(N=Cc2cc([N+](=O)[O-])cc([N+](=O)[O-])c2O)c1O. The Morgan fingerprint density at radius 2 is 1.78 bits per heavy atom. The van der Waals surface area contributed by atoms with E-state index in [2.05, 4.69) is 4.99 Å². The van der Waals surface area contributed by atoms with Crippen molar-refractivity contribution in [3.8, 4) is 11.5 Å². The van der Waals surface area contributed by atoms with Gasteiger partial charge in [-0.2, -0.15) is 0 Å². The van der Waals surface area contributed by atoms with Gasteiger partial charge >= 0.3 is 5.69 Å². The Morgan fingerprint density at radius 1 is 1.09 bits per heavy atom. The van der Waals surface area contributed by atoms with E-state index in [9.17, 15) is 30.4 Å². The largest absolute Gasteiger partial charge is 0.505 e. The Hall–Kier alpha value is -3.49. The van der Waals surface area contributed by atoms with E-state index in [4.69, 9.17) is 0 Å². The number of non-ortho nitro benzene ring substituents is 1. The lowest BCUT2D eigenvalue weighted by atomic mass is 10.1. The molecule has 0 aliphatic carbocycles. The van der Waals surface area contributed by atoms with Crippen molar-refractivity contribution in [2.24, 2.45) is 4.99 Å². The van der Waals surface area contributed by atoms with Crippen LogP contribution in [0.25, 0.3) is 0 Å². The van der Waals surface area contributed by atoms with Crippen molar-refractivity contribution in [2.75, 3.05) is 0 Å². The number of aromatic hydroxyl groups is 2. The highest BCUT2D eigenvalue weighted by Gasteiger charge is 2.23. The van der Waals surface area contributed by atoms with Gasteiger partial charge in [-0.25, -0.2) is 0 Å². The molecule has 0 saturated heterocycles. The summed E-state index contributed by atoms with van der Waals surface area (Å²) in [7, 11) is 0. The van der Waals surface area contributed by atoms with Crippen LogP contribution in [0, 0.1) is 27.2 Å². The smallest absolute Gasteiger partial charge is 0.318 e. The van der Waals surface area contributed by atoms with Gasteiger partial charge in [0.05, 0.1) is 15.9 Å². The molecule has 0 saturated carbocycles. The molecule has 0 fully saturated rings. The maximum atomic E-state index is 10.9. The molecule has 0 radical (unpaired) electrons. The number of phenols is 2. The van der Waals surface area contributed by atoms with Gasteiger partial charge < -0.3 is 10.2 Å². The van der Waals surface area contributed by atoms with Crippen LogP contribution < -0.4 is 0 Å². The van der Waals surface area contributed by atoms with Crippen LogP contribution in [0.4, 0.5) is 17.1 Å². The van der Waals surface area contributed by atoms with E-state index in [0.29, 0.717) is 11.6 Å². The Kier molecular flexibility index (Phi) is 4.21. The third-order valence-electron chi connectivity index (χ3n) is 3.07. The number of rotatable bonds is 4. The fourth-order valence-electron chi connectivity index (χ4n) is 1.86. The van der Waals surface area contributed by atoms with Gasteiger partial charge in [-0.15, -0.1) is 0 Å². The van der Waals surface area contributed by atoms with Crippen LogP contribution in [0.3, 0.4) is 0 Å². The number of benzene rings is 2. The molecule has 0 aliphatic rings. The number of nitrogens with zero attached hydrogens (tertiary/aromatic N) is 3. The van der Waals surface area contributed by atoms with Crippen LogP contribution in [0.5, 0.6) is 11.5 Å². The van der Waals surface area contributed by atoms with Crippen molar-refractivity contribution in [3.05, 3.63) is 61.7 Å². The lowest BCUT2D eigenvalue weighted by molar-refractivity contribution is -0.394. The number of aliphatic imine (C=N–C) groups is 1. The van der Waals surface area contributed by atoms with Crippen molar-refractivity contribution in [1.82, 2.24) is 0 Å². The van der Waals surface area contributed by atoms with E-state index in [1.807, 2.05) is 0 Å². The normalized spacial score (nSPS) is 10.8. The summed E-state index contributed by atoms with van der Waals surface area (Å²) in [5, 5.41) is 41.4. The first-order chi connectivity index (χ1) is 10.8. The third-order valence-corrected chi connectivity index (χ3v) is 3.07. The maximum Gasteiger partial charge on any atom is 0.318 e. The molecule has 2 aromatic carbocycles. The minimum Gasteiger partial charge on any atom is -0.505 e. The Labute approximate surface area is 129 Å². The molecule has 9 heteroatoms. The maximum absolute atomic E-state index is 10.9. The average Bonchev–Trinajstić information content (AvgIpc) is 2.49. The summed E-state index contributed by atoms with van der Waals surface area (Å²) in [5.74, 6) is -0.834. The van der Waals surface area contributed by atoms with Crippen molar-refractivity contribution in [2.45, 2.75) is 6.92 Å². The number of phenolic OH excluding ortho intramolecular Hbond substituents is 2. The fourth-order valence-corrected chi connectivity index (χ4v) is 1.86. The van der Waals surface area contributed by atoms with E-state index < -0.39 is 27.0 Å². The quantitative estimate of drug-likeness (QED) is 0.504. The van der Waals surface area contributed by atoms with Gasteiger partial charge in [0.15, 0.2) is 0 Å². The highest BCUT2D eigenvalue weighted by Crippen LogP contribution is 2.34. The summed E-state index contributed by atoms with van der Waals surface area (Å²) < 4.78 is 0. The van der Waals surface area contributed by atoms with Gasteiger partial charge in [-0.1, -0.05) is 12.1 Å². The van der Waals surface area contributed by atoms with Crippen LogP contribution in [-0.4, -0.2) is 26.3 Å². The van der Waals surface area contributed by atoms with Crippen LogP contribution in [0.1, 0.15) is 11.1 Å². The second-order valence-electron chi connectivity index (χ2n) is 4.62. The van der Waals surface area contributed by atoms with Crippen LogP contribution in [0.2, 0.25) is 0 Å². The Balaban J connectivity index is 2.54. The van der Waals surface area contributed by atoms with E-state index in [1.165, 1.54) is 6.07 Å². The standard InChI is InChI=1S/C14H11N3O6/c1-8-3-2-4-11(13(8)18)15-7-9-5-10(16(20)21)6-12(14(9)19)17(22)23/h2-7,18-19H,1H3. The predicted molar refractivity (Wildman–Crippen MR) is 81.5 cm³/mol. The third kappa shape index (κ3) is 3.23. The molecule has 23 heavy (non-hydrogen) atoms. The summed E-state index contributed by atoms with van der Waals surface area (Å²) in [6.07, 6.45) is 1.02. The van der Waals surface area contributed by atoms with E-state index >= 15 is 0 Å². The first-order valence-electron chi connectivity index (χ1n) is 6.29. The molecule has 0 aromatic heterocycles. The summed E-state index contributed by atoms with van der Waals surface area (Å²) >= 11 is 0. The molecule has 2 N–H and O–H groups in total. The Morgan fingerprint density at radius 3 is 2.39 bits per heavy atom. The van der Waals surface area contributed by atoms with Crippen LogP contribution in [0.15, 0.2) is 35.3 Å². The fraction of sp³-hybridized carbons (Fsp3) is 0.0714. The molecule has 0 amide bonds. The molecule has 0 bridgehead atoms. The van der Waals surface area contributed by atoms with Gasteiger partial charge in [0.1, 0.15) is 11.4 Å². The zero-order valence-electron chi connectivity index (χ0n) is 11.8. The average molecular weight is 317 g/mol. The minimum absolute atomic E-state index is 0.0943. The highest BCUT2D eigenvalue weighted by molar-refractivity contribution is 5.89. The molecule has 2 aromatic rings. The van der Waals surface area contributed by atoms with Crippen molar-refractivity contribution in [1.29, 1.82) is 0 Å². The molecule has 0 heterocycles. The van der Waals surface area contributed by atoms with Crippen molar-refractivity contribution in [3.63, 3.8) is 0 Å². The van der Waals surface area contributed by atoms with Crippen molar-refractivity contribution < 1.29 is 20.1 Å². The lowest BCUT2D eigenvalue weighted by Crippen LogP contribution is -1.96. The molecule has 9 nitrogen and oxygen atoms in total. The number of nitro groups is 2. The van der Waals surface area contributed by atoms with Gasteiger partial charge in [0.2, 0.25) is 5.75 Å². The lowest BCUT2D eigenvalue weighted by Gasteiger charge is -2.03. The molecule has 0 spiro atoms. The van der Waals surface area contributed by atoms with Gasteiger partial charge in [0.25, 0.3) is 5.69 Å². The number of hydrogen-bond acceptors (Lipinski definition) is 7. The molecule has 0 atom stereocenters. The zero-order valence-corrected chi connectivity index (χ0v) is 11.8. The summed E-state index contributed by atoms with van der Waals surface area (Å²) in [6, 6.07) is 6.40. The number of hydrogen-bond donors (Lipinski definition) is 2. The first-order valence-corrected chi connectivity index (χ1v) is 6.29. The molecular formula is C14H11N3O6. The highest BCUT2D eigenvalue weighted by atomic mass is 16.6. The number of nitro benzene ring substituents is 2. The molecule has 0 aliphatic heterocycles. The van der Waals surface area contributed by atoms with E-state index in [0.717, 1.165) is 12.3 Å². The molecule has 2 rings (SSSR count). The molecule has 118 valence electrons. The monoisotopic (exact) mass is 317 g/mol. The van der Waals surface area contributed by atoms with Crippen molar-refractivity contribution >= 4 is 23.3 Å². The van der Waals surface area contributed by atoms with E-state index in [1.54, 1.807) is 19.1 Å². The van der Waals surface area contributed by atoms with Gasteiger partial charge in [-0.05, 0) is 18.6 Å². The summed E-state index contributed by atoms with van der Waals surface area (Å²) in [5.41, 5.74) is -0.821. The predicted octanol–water partition coefficient (Wildman–Crippen LogP) is 2.97.